The maximum Gasteiger partial charge on any atom is 0.332 e. The number of hydrogen-bond donors (Lipinski definition) is 3. The fraction of sp³-hybridized carbons (Fsp3) is 0.462. The van der Waals surface area contributed by atoms with Crippen molar-refractivity contribution in [2.75, 3.05) is 6.54 Å². The normalized spacial score (nSPS) is 13.2. The summed E-state index contributed by atoms with van der Waals surface area (Å²) in [6.07, 6.45) is -1.75. The largest absolute Gasteiger partial charge is 0.479 e. The van der Waals surface area contributed by atoms with Gasteiger partial charge in [-0.15, -0.1) is 0 Å². The van der Waals surface area contributed by atoms with Gasteiger partial charge in [0.05, 0.1) is 4.90 Å². The molecule has 1 aromatic carbocycles. The van der Waals surface area contributed by atoms with E-state index in [9.17, 15) is 13.2 Å². The minimum absolute atomic E-state index is 0.136. The number of benzene rings is 1. The van der Waals surface area contributed by atoms with Crippen molar-refractivity contribution in [3.05, 3.63) is 28.8 Å². The Morgan fingerprint density at radius 1 is 1.25 bits per heavy atom. The minimum atomic E-state index is -3.71. The zero-order valence-corrected chi connectivity index (χ0v) is 12.5. The number of hydrogen-bond acceptors (Lipinski definition) is 4. The van der Waals surface area contributed by atoms with Gasteiger partial charge in [0.25, 0.3) is 0 Å². The molecular formula is C13H19NO5S. The molecule has 0 bridgehead atoms. The average molecular weight is 301 g/mol. The molecule has 20 heavy (non-hydrogen) atoms. The van der Waals surface area contributed by atoms with Crippen LogP contribution >= 0.6 is 0 Å². The lowest BCUT2D eigenvalue weighted by molar-refractivity contribution is -0.146. The number of rotatable bonds is 6. The van der Waals surface area contributed by atoms with Crippen molar-refractivity contribution in [1.29, 1.82) is 0 Å². The van der Waals surface area contributed by atoms with Crippen LogP contribution in [0.2, 0.25) is 0 Å². The number of aryl methyl sites for hydroxylation is 3. The van der Waals surface area contributed by atoms with E-state index >= 15 is 0 Å². The average Bonchev–Trinajstić information content (AvgIpc) is 2.26. The van der Waals surface area contributed by atoms with Crippen LogP contribution in [0, 0.1) is 20.8 Å². The van der Waals surface area contributed by atoms with Crippen molar-refractivity contribution in [3.63, 3.8) is 0 Å². The number of carbonyl (C=O) groups is 1. The van der Waals surface area contributed by atoms with Crippen LogP contribution in [0.25, 0.3) is 0 Å². The highest BCUT2D eigenvalue weighted by atomic mass is 32.2. The molecule has 3 N–H and O–H groups in total. The first-order chi connectivity index (χ1) is 9.15. The summed E-state index contributed by atoms with van der Waals surface area (Å²) in [5.41, 5.74) is 2.24. The Bertz CT molecular complexity index is 586. The number of aliphatic hydroxyl groups is 1. The van der Waals surface area contributed by atoms with Crippen molar-refractivity contribution in [3.8, 4) is 0 Å². The van der Waals surface area contributed by atoms with E-state index in [0.29, 0.717) is 11.1 Å². The van der Waals surface area contributed by atoms with Crippen LogP contribution in [0.4, 0.5) is 0 Å². The van der Waals surface area contributed by atoms with Crippen molar-refractivity contribution in [2.24, 2.45) is 0 Å². The zero-order chi connectivity index (χ0) is 15.5. The number of nitrogens with one attached hydrogen (secondary N) is 1. The number of aliphatic carboxylic acids is 1. The van der Waals surface area contributed by atoms with E-state index in [2.05, 4.69) is 4.72 Å². The second-order valence-corrected chi connectivity index (χ2v) is 6.47. The van der Waals surface area contributed by atoms with E-state index in [4.69, 9.17) is 10.2 Å². The van der Waals surface area contributed by atoms with Crippen molar-refractivity contribution in [1.82, 2.24) is 4.72 Å². The highest BCUT2D eigenvalue weighted by molar-refractivity contribution is 7.89. The van der Waals surface area contributed by atoms with Gasteiger partial charge in [0.15, 0.2) is 6.10 Å². The van der Waals surface area contributed by atoms with Crippen LogP contribution in [-0.2, 0) is 14.8 Å². The topological polar surface area (TPSA) is 104 Å². The number of carboxylic acids is 1. The van der Waals surface area contributed by atoms with E-state index in [-0.39, 0.29) is 17.9 Å². The Morgan fingerprint density at radius 3 is 2.20 bits per heavy atom. The van der Waals surface area contributed by atoms with Crippen LogP contribution in [0.3, 0.4) is 0 Å². The van der Waals surface area contributed by atoms with Crippen molar-refractivity contribution >= 4 is 16.0 Å². The molecule has 0 radical (unpaired) electrons. The predicted octanol–water partition coefficient (Wildman–Crippen LogP) is 0.726. The Labute approximate surface area is 118 Å². The van der Waals surface area contributed by atoms with Gasteiger partial charge in [-0.05, 0) is 38.3 Å². The summed E-state index contributed by atoms with van der Waals surface area (Å²) in [6, 6.07) is 3.54. The third kappa shape index (κ3) is 4.03. The van der Waals surface area contributed by atoms with Crippen LogP contribution in [0.5, 0.6) is 0 Å². The molecule has 6 nitrogen and oxygen atoms in total. The maximum atomic E-state index is 12.2. The SMILES string of the molecule is Cc1cc(C)c(S(=O)(=O)NCC[C@H](O)C(=O)O)c(C)c1. The lowest BCUT2D eigenvalue weighted by Crippen LogP contribution is -2.30. The van der Waals surface area contributed by atoms with Crippen LogP contribution in [-0.4, -0.2) is 37.2 Å². The molecule has 7 heteroatoms. The Morgan fingerprint density at radius 2 is 1.75 bits per heavy atom. The molecule has 0 aliphatic heterocycles. The smallest absolute Gasteiger partial charge is 0.332 e. The highest BCUT2D eigenvalue weighted by Gasteiger charge is 2.20. The van der Waals surface area contributed by atoms with E-state index in [1.54, 1.807) is 26.0 Å². The van der Waals surface area contributed by atoms with Gasteiger partial charge >= 0.3 is 5.97 Å². The number of sulfonamides is 1. The maximum absolute atomic E-state index is 12.2. The molecule has 0 heterocycles. The molecule has 1 aromatic rings. The van der Waals surface area contributed by atoms with E-state index < -0.39 is 22.1 Å². The standard InChI is InChI=1S/C13H19NO5S/c1-8-6-9(2)12(10(3)7-8)20(18,19)14-5-4-11(15)13(16)17/h6-7,11,14-15H,4-5H2,1-3H3,(H,16,17)/t11-/m0/s1. The van der Waals surface area contributed by atoms with Gasteiger partial charge < -0.3 is 10.2 Å². The Kier molecular flexibility index (Phi) is 5.27. The van der Waals surface area contributed by atoms with Crippen molar-refractivity contribution in [2.45, 2.75) is 38.2 Å². The molecule has 0 aliphatic rings. The number of carboxylic acid groups (broad SMARTS) is 1. The summed E-state index contributed by atoms with van der Waals surface area (Å²) in [5, 5.41) is 17.6. The molecule has 0 aliphatic carbocycles. The fourth-order valence-electron chi connectivity index (χ4n) is 2.12. The predicted molar refractivity (Wildman–Crippen MR) is 74.1 cm³/mol. The zero-order valence-electron chi connectivity index (χ0n) is 11.7. The van der Waals surface area contributed by atoms with Gasteiger partial charge in [0.2, 0.25) is 10.0 Å². The highest BCUT2D eigenvalue weighted by Crippen LogP contribution is 2.21. The summed E-state index contributed by atoms with van der Waals surface area (Å²) in [5.74, 6) is -1.37. The van der Waals surface area contributed by atoms with Gasteiger partial charge in [-0.3, -0.25) is 0 Å². The van der Waals surface area contributed by atoms with Gasteiger partial charge in [-0.1, -0.05) is 17.7 Å². The molecule has 0 amide bonds. The molecule has 1 rings (SSSR count). The molecule has 0 aromatic heterocycles. The molecular weight excluding hydrogens is 282 g/mol. The van der Waals surface area contributed by atoms with Gasteiger partial charge in [0.1, 0.15) is 0 Å². The van der Waals surface area contributed by atoms with E-state index in [0.717, 1.165) is 5.56 Å². The second-order valence-electron chi connectivity index (χ2n) is 4.77. The van der Waals surface area contributed by atoms with Crippen LogP contribution < -0.4 is 4.72 Å². The Balaban J connectivity index is 2.88. The quantitative estimate of drug-likeness (QED) is 0.718. The first kappa shape index (κ1) is 16.6. The summed E-state index contributed by atoms with van der Waals surface area (Å²) >= 11 is 0. The first-order valence-corrected chi connectivity index (χ1v) is 7.62. The van der Waals surface area contributed by atoms with E-state index in [1.807, 2.05) is 6.92 Å². The Hall–Kier alpha value is -1.44. The first-order valence-electron chi connectivity index (χ1n) is 6.13. The molecule has 0 spiro atoms. The van der Waals surface area contributed by atoms with Gasteiger partial charge in [-0.2, -0.15) is 0 Å². The van der Waals surface area contributed by atoms with Crippen molar-refractivity contribution < 1.29 is 23.4 Å². The summed E-state index contributed by atoms with van der Waals surface area (Å²) in [4.78, 5) is 10.6. The van der Waals surface area contributed by atoms with Crippen LogP contribution in [0.1, 0.15) is 23.1 Å². The number of aliphatic hydroxyl groups excluding tert-OH is 1. The molecule has 0 saturated carbocycles. The molecule has 0 saturated heterocycles. The molecule has 112 valence electrons. The summed E-state index contributed by atoms with van der Waals surface area (Å²) in [6.45, 7) is 5.16. The minimum Gasteiger partial charge on any atom is -0.479 e. The summed E-state index contributed by atoms with van der Waals surface area (Å²) < 4.78 is 26.7. The van der Waals surface area contributed by atoms with Crippen LogP contribution in [0.15, 0.2) is 17.0 Å². The summed E-state index contributed by atoms with van der Waals surface area (Å²) in [7, 11) is -3.71. The lowest BCUT2D eigenvalue weighted by Gasteiger charge is -2.13. The molecule has 0 fully saturated rings. The van der Waals surface area contributed by atoms with E-state index in [1.165, 1.54) is 0 Å². The molecule has 1 atom stereocenters. The second kappa shape index (κ2) is 6.34. The third-order valence-electron chi connectivity index (χ3n) is 2.87. The third-order valence-corrected chi connectivity index (χ3v) is 4.63. The monoisotopic (exact) mass is 301 g/mol. The lowest BCUT2D eigenvalue weighted by atomic mass is 10.1. The van der Waals surface area contributed by atoms with Gasteiger partial charge in [-0.25, -0.2) is 17.9 Å². The fourth-order valence-corrected chi connectivity index (χ4v) is 3.61. The molecule has 0 unspecified atom stereocenters. The van der Waals surface area contributed by atoms with Gasteiger partial charge in [0, 0.05) is 6.54 Å².